The summed E-state index contributed by atoms with van der Waals surface area (Å²) in [6.07, 6.45) is 3.59. The average Bonchev–Trinajstić information content (AvgIpc) is 2.95. The van der Waals surface area contributed by atoms with Gasteiger partial charge in [-0.2, -0.15) is 0 Å². The van der Waals surface area contributed by atoms with Gasteiger partial charge in [0.25, 0.3) is 0 Å². The molecule has 8 heteroatoms. The minimum Gasteiger partial charge on any atom is -0.407 e. The van der Waals surface area contributed by atoms with E-state index in [1.807, 2.05) is 0 Å². The zero-order valence-electron chi connectivity index (χ0n) is 9.64. The molecule has 2 N–H and O–H groups in total. The summed E-state index contributed by atoms with van der Waals surface area (Å²) in [4.78, 5) is 0. The summed E-state index contributed by atoms with van der Waals surface area (Å²) in [5.74, 6) is 0.559. The van der Waals surface area contributed by atoms with Crippen molar-refractivity contribution in [2.24, 2.45) is 0 Å². The Hall–Kier alpha value is -1.15. The van der Waals surface area contributed by atoms with Crippen molar-refractivity contribution in [3.63, 3.8) is 0 Å². The molecule has 1 saturated carbocycles. The Balaban J connectivity index is 1.73. The van der Waals surface area contributed by atoms with E-state index in [0.717, 1.165) is 0 Å². The van der Waals surface area contributed by atoms with Crippen molar-refractivity contribution in [3.05, 3.63) is 5.89 Å². The quantitative estimate of drug-likeness (QED) is 0.699. The molecule has 1 fully saturated rings. The van der Waals surface area contributed by atoms with Gasteiger partial charge in [0.05, 0.1) is 12.3 Å². The highest BCUT2D eigenvalue weighted by molar-refractivity contribution is 7.90. The number of nitrogens with zero attached hydrogens (tertiary/aromatic N) is 2. The zero-order valence-corrected chi connectivity index (χ0v) is 10.5. The molecule has 0 radical (unpaired) electrons. The van der Waals surface area contributed by atoms with E-state index in [1.165, 1.54) is 19.1 Å². The minimum atomic E-state index is -2.97. The first kappa shape index (κ1) is 12.3. The number of sulfone groups is 1. The van der Waals surface area contributed by atoms with Gasteiger partial charge in [-0.05, 0) is 12.8 Å². The van der Waals surface area contributed by atoms with Crippen LogP contribution in [0.4, 0.5) is 6.01 Å². The third-order valence-corrected chi connectivity index (χ3v) is 3.28. The Bertz CT molecular complexity index is 466. The molecule has 1 aromatic rings. The molecule has 1 aliphatic rings. The van der Waals surface area contributed by atoms with E-state index in [4.69, 9.17) is 4.42 Å². The predicted molar refractivity (Wildman–Crippen MR) is 62.4 cm³/mol. The maximum absolute atomic E-state index is 10.9. The number of nitrogens with one attached hydrogen (secondary N) is 2. The van der Waals surface area contributed by atoms with Crippen molar-refractivity contribution in [1.82, 2.24) is 15.5 Å². The first-order valence-corrected chi connectivity index (χ1v) is 7.56. The molecule has 0 saturated heterocycles. The van der Waals surface area contributed by atoms with Crippen molar-refractivity contribution in [2.75, 3.05) is 23.9 Å². The van der Waals surface area contributed by atoms with E-state index in [2.05, 4.69) is 20.8 Å². The standard InChI is InChI=1S/C9H16N4O3S/c1-17(14,15)5-4-10-9-13-12-8(16-9)6-11-7-2-3-7/h7,11H,2-6H2,1H3,(H,10,13). The lowest BCUT2D eigenvalue weighted by Crippen LogP contribution is -2.15. The van der Waals surface area contributed by atoms with E-state index in [-0.39, 0.29) is 18.3 Å². The third-order valence-electron chi connectivity index (χ3n) is 2.34. The molecule has 1 aliphatic carbocycles. The highest BCUT2D eigenvalue weighted by Crippen LogP contribution is 2.19. The van der Waals surface area contributed by atoms with Crippen LogP contribution >= 0.6 is 0 Å². The van der Waals surface area contributed by atoms with Crippen molar-refractivity contribution in [3.8, 4) is 0 Å². The normalized spacial score (nSPS) is 16.1. The summed E-state index contributed by atoms with van der Waals surface area (Å²) < 4.78 is 27.1. The lowest BCUT2D eigenvalue weighted by atomic mass is 10.6. The van der Waals surface area contributed by atoms with Crippen LogP contribution in [0.3, 0.4) is 0 Å². The van der Waals surface area contributed by atoms with Gasteiger partial charge in [0.1, 0.15) is 9.84 Å². The van der Waals surface area contributed by atoms with Crippen LogP contribution in [-0.4, -0.2) is 43.2 Å². The van der Waals surface area contributed by atoms with E-state index >= 15 is 0 Å². The molecule has 17 heavy (non-hydrogen) atoms. The van der Waals surface area contributed by atoms with Crippen LogP contribution in [-0.2, 0) is 16.4 Å². The zero-order chi connectivity index (χ0) is 12.3. The fraction of sp³-hybridized carbons (Fsp3) is 0.778. The van der Waals surface area contributed by atoms with Gasteiger partial charge in [-0.3, -0.25) is 0 Å². The Morgan fingerprint density at radius 3 is 2.82 bits per heavy atom. The Morgan fingerprint density at radius 1 is 1.41 bits per heavy atom. The highest BCUT2D eigenvalue weighted by Gasteiger charge is 2.21. The fourth-order valence-corrected chi connectivity index (χ4v) is 1.73. The summed E-state index contributed by atoms with van der Waals surface area (Å²) in [5, 5.41) is 13.6. The number of rotatable bonds is 7. The van der Waals surface area contributed by atoms with E-state index < -0.39 is 9.84 Å². The second-order valence-electron chi connectivity index (χ2n) is 4.21. The monoisotopic (exact) mass is 260 g/mol. The highest BCUT2D eigenvalue weighted by atomic mass is 32.2. The van der Waals surface area contributed by atoms with E-state index in [1.54, 1.807) is 0 Å². The van der Waals surface area contributed by atoms with Crippen LogP contribution in [0.25, 0.3) is 0 Å². The van der Waals surface area contributed by atoms with Crippen LogP contribution in [0.5, 0.6) is 0 Å². The molecule has 0 spiro atoms. The Labute approximate surface area is 99.9 Å². The average molecular weight is 260 g/mol. The molecule has 7 nitrogen and oxygen atoms in total. The van der Waals surface area contributed by atoms with Gasteiger partial charge < -0.3 is 15.1 Å². The molecule has 0 atom stereocenters. The van der Waals surface area contributed by atoms with Gasteiger partial charge in [-0.25, -0.2) is 8.42 Å². The molecule has 96 valence electrons. The predicted octanol–water partition coefficient (Wildman–Crippen LogP) is -0.222. The SMILES string of the molecule is CS(=O)(=O)CCNc1nnc(CNC2CC2)o1. The van der Waals surface area contributed by atoms with Gasteiger partial charge >= 0.3 is 6.01 Å². The summed E-state index contributed by atoms with van der Waals surface area (Å²) in [7, 11) is -2.97. The van der Waals surface area contributed by atoms with Gasteiger partial charge in [0.2, 0.25) is 5.89 Å². The second kappa shape index (κ2) is 5.01. The molecule has 0 aromatic carbocycles. The number of hydrogen-bond donors (Lipinski definition) is 2. The van der Waals surface area contributed by atoms with Crippen LogP contribution in [0.15, 0.2) is 4.42 Å². The van der Waals surface area contributed by atoms with Crippen LogP contribution < -0.4 is 10.6 Å². The van der Waals surface area contributed by atoms with E-state index in [9.17, 15) is 8.42 Å². The summed E-state index contributed by atoms with van der Waals surface area (Å²) in [6, 6.07) is 0.852. The summed E-state index contributed by atoms with van der Waals surface area (Å²) in [5.41, 5.74) is 0. The van der Waals surface area contributed by atoms with Gasteiger partial charge in [-0.15, -0.1) is 5.10 Å². The first-order chi connectivity index (χ1) is 8.03. The molecule has 0 amide bonds. The third kappa shape index (κ3) is 4.70. The molecule has 1 heterocycles. The van der Waals surface area contributed by atoms with Crippen molar-refractivity contribution < 1.29 is 12.8 Å². The maximum Gasteiger partial charge on any atom is 0.315 e. The van der Waals surface area contributed by atoms with Gasteiger partial charge in [0, 0.05) is 18.8 Å². The van der Waals surface area contributed by atoms with Crippen LogP contribution in [0, 0.1) is 0 Å². The van der Waals surface area contributed by atoms with E-state index in [0.29, 0.717) is 18.5 Å². The van der Waals surface area contributed by atoms with Crippen LogP contribution in [0.2, 0.25) is 0 Å². The minimum absolute atomic E-state index is 0.0467. The first-order valence-electron chi connectivity index (χ1n) is 5.50. The largest absolute Gasteiger partial charge is 0.407 e. The Kier molecular flexibility index (Phi) is 3.63. The molecule has 0 aliphatic heterocycles. The topological polar surface area (TPSA) is 97.1 Å². The maximum atomic E-state index is 10.9. The van der Waals surface area contributed by atoms with Crippen LogP contribution in [0.1, 0.15) is 18.7 Å². The lowest BCUT2D eigenvalue weighted by molar-refractivity contribution is 0.476. The molecular formula is C9H16N4O3S. The Morgan fingerprint density at radius 2 is 2.18 bits per heavy atom. The van der Waals surface area contributed by atoms with Crippen molar-refractivity contribution >= 4 is 15.9 Å². The summed E-state index contributed by atoms with van der Waals surface area (Å²) in [6.45, 7) is 0.835. The number of hydrogen-bond acceptors (Lipinski definition) is 7. The lowest BCUT2D eigenvalue weighted by Gasteiger charge is -1.99. The second-order valence-corrected chi connectivity index (χ2v) is 6.47. The molecule has 0 unspecified atom stereocenters. The molecule has 1 aromatic heterocycles. The molecule has 0 bridgehead atoms. The fourth-order valence-electron chi connectivity index (χ4n) is 1.26. The number of aromatic nitrogens is 2. The van der Waals surface area contributed by atoms with Gasteiger partial charge in [-0.1, -0.05) is 5.10 Å². The summed E-state index contributed by atoms with van der Waals surface area (Å²) >= 11 is 0. The molecular weight excluding hydrogens is 244 g/mol. The smallest absolute Gasteiger partial charge is 0.315 e. The molecule has 2 rings (SSSR count). The van der Waals surface area contributed by atoms with Crippen molar-refractivity contribution in [1.29, 1.82) is 0 Å². The van der Waals surface area contributed by atoms with Gasteiger partial charge in [0.15, 0.2) is 0 Å². The van der Waals surface area contributed by atoms with Crippen molar-refractivity contribution in [2.45, 2.75) is 25.4 Å². The number of anilines is 1.